The zero-order valence-electron chi connectivity index (χ0n) is 27.4. The summed E-state index contributed by atoms with van der Waals surface area (Å²) in [6.45, 7) is 3.68. The van der Waals surface area contributed by atoms with Crippen molar-refractivity contribution in [1.82, 2.24) is 10.2 Å². The molecule has 0 saturated carbocycles. The molecule has 0 aliphatic carbocycles. The summed E-state index contributed by atoms with van der Waals surface area (Å²) in [6, 6.07) is 16.9. The fourth-order valence-corrected chi connectivity index (χ4v) is 6.82. The molecule has 3 aromatic carbocycles. The first-order valence-electron chi connectivity index (χ1n) is 15.8. The van der Waals surface area contributed by atoms with Crippen molar-refractivity contribution in [2.45, 2.75) is 44.4 Å². The summed E-state index contributed by atoms with van der Waals surface area (Å²) in [5.74, 6) is -4.57. The molecular weight excluding hydrogens is 620 g/mol. The number of Topliss-reactive ketones (excluding diaryl/α,β-unsaturated/α-hetero) is 1. The van der Waals surface area contributed by atoms with Crippen LogP contribution in [0.25, 0.3) is 0 Å². The number of esters is 1. The van der Waals surface area contributed by atoms with Gasteiger partial charge in [-0.2, -0.15) is 0 Å². The van der Waals surface area contributed by atoms with E-state index < -0.39 is 41.3 Å². The number of nitrogens with one attached hydrogen (secondary N) is 1. The van der Waals surface area contributed by atoms with E-state index >= 15 is 9.59 Å². The summed E-state index contributed by atoms with van der Waals surface area (Å²) in [5, 5.41) is 2.97. The Morgan fingerprint density at radius 3 is 2.33 bits per heavy atom. The highest BCUT2D eigenvalue weighted by Gasteiger charge is 2.62. The van der Waals surface area contributed by atoms with Crippen LogP contribution in [0.1, 0.15) is 54.1 Å². The topological polar surface area (TPSA) is 139 Å². The van der Waals surface area contributed by atoms with Gasteiger partial charge >= 0.3 is 5.97 Å². The molecule has 4 atom stereocenters. The van der Waals surface area contributed by atoms with E-state index in [-0.39, 0.29) is 53.7 Å². The van der Waals surface area contributed by atoms with Crippen LogP contribution in [0.2, 0.25) is 0 Å². The molecule has 3 aromatic rings. The molecule has 0 radical (unpaired) electrons. The zero-order valence-corrected chi connectivity index (χ0v) is 27.4. The predicted molar refractivity (Wildman–Crippen MR) is 171 cm³/mol. The van der Waals surface area contributed by atoms with Gasteiger partial charge in [0, 0.05) is 24.1 Å². The van der Waals surface area contributed by atoms with Crippen molar-refractivity contribution in [2.24, 2.45) is 11.8 Å². The Bertz CT molecular complexity index is 1720. The minimum atomic E-state index is -2.10. The van der Waals surface area contributed by atoms with Crippen molar-refractivity contribution < 1.29 is 47.6 Å². The van der Waals surface area contributed by atoms with E-state index in [1.165, 1.54) is 32.3 Å². The molecule has 0 unspecified atom stereocenters. The lowest BCUT2D eigenvalue weighted by Gasteiger charge is -2.41. The Morgan fingerprint density at radius 1 is 0.958 bits per heavy atom. The Balaban J connectivity index is 1.66. The molecule has 1 fully saturated rings. The van der Waals surface area contributed by atoms with E-state index in [1.807, 2.05) is 0 Å². The summed E-state index contributed by atoms with van der Waals surface area (Å²) >= 11 is 0. The molecule has 1 saturated heterocycles. The fraction of sp³-hybridized carbons (Fsp3) is 0.389. The average molecular weight is 659 g/mol. The lowest BCUT2D eigenvalue weighted by Crippen LogP contribution is -2.56. The Labute approximate surface area is 278 Å². The van der Waals surface area contributed by atoms with Crippen LogP contribution in [-0.4, -0.2) is 69.3 Å². The first-order chi connectivity index (χ1) is 23.2. The van der Waals surface area contributed by atoms with Crippen LogP contribution in [0.15, 0.2) is 60.7 Å². The zero-order chi connectivity index (χ0) is 34.2. The fourth-order valence-electron chi connectivity index (χ4n) is 6.82. The van der Waals surface area contributed by atoms with Crippen molar-refractivity contribution in [1.29, 1.82) is 0 Å². The highest BCUT2D eigenvalue weighted by atomic mass is 16.7. The third kappa shape index (κ3) is 5.34. The maximum absolute atomic E-state index is 15.2. The maximum Gasteiger partial charge on any atom is 0.355 e. The average Bonchev–Trinajstić information content (AvgIpc) is 3.76. The highest BCUT2D eigenvalue weighted by molar-refractivity contribution is 6.15. The molecule has 1 N–H and O–H groups in total. The van der Waals surface area contributed by atoms with Crippen LogP contribution in [0.5, 0.6) is 28.7 Å². The van der Waals surface area contributed by atoms with E-state index in [0.29, 0.717) is 29.7 Å². The molecule has 3 heterocycles. The molecule has 0 aromatic heterocycles. The van der Waals surface area contributed by atoms with Crippen molar-refractivity contribution in [3.63, 3.8) is 0 Å². The molecule has 2 amide bonds. The van der Waals surface area contributed by atoms with Crippen LogP contribution >= 0.6 is 0 Å². The third-order valence-corrected chi connectivity index (χ3v) is 9.16. The summed E-state index contributed by atoms with van der Waals surface area (Å²) in [7, 11) is 4.11. The van der Waals surface area contributed by atoms with E-state index in [2.05, 4.69) is 5.32 Å². The van der Waals surface area contributed by atoms with Crippen molar-refractivity contribution >= 4 is 23.6 Å². The van der Waals surface area contributed by atoms with E-state index in [1.54, 1.807) is 68.4 Å². The minimum absolute atomic E-state index is 0.0103. The first kappa shape index (κ1) is 32.7. The molecular formula is C36H38N2O10. The van der Waals surface area contributed by atoms with Crippen LogP contribution in [0.4, 0.5) is 0 Å². The van der Waals surface area contributed by atoms with Gasteiger partial charge in [-0.3, -0.25) is 14.4 Å². The number of rotatable bonds is 8. The lowest BCUT2D eigenvalue weighted by molar-refractivity contribution is -0.165. The number of nitrogens with zero attached hydrogens (tertiary/aromatic N) is 1. The Morgan fingerprint density at radius 2 is 1.69 bits per heavy atom. The minimum Gasteiger partial charge on any atom is -0.497 e. The standard InChI is InChI=1S/C36H38N2O10/c1-20(2)33(40)37-26-12-9-17-38(26)34(41)28-29(21-10-7-6-8-11-21)36(35(42)45-5,22-13-15-23(43-3)16-14-22)48-24-18-25-31(47-19-46-25)32(44-4)27(24)30(28)39/h6-8,10-11,13-16,18,20,26,28-29H,9,12,17,19H2,1-5H3,(H,37,40)/t26-,28+,29-,36-/m0/s1. The van der Waals surface area contributed by atoms with Crippen LogP contribution < -0.4 is 29.0 Å². The first-order valence-corrected chi connectivity index (χ1v) is 15.8. The van der Waals surface area contributed by atoms with E-state index in [0.717, 1.165) is 0 Å². The van der Waals surface area contributed by atoms with Gasteiger partial charge in [0.15, 0.2) is 17.3 Å². The molecule has 3 aliphatic rings. The van der Waals surface area contributed by atoms with Crippen LogP contribution in [-0.2, 0) is 24.7 Å². The summed E-state index contributed by atoms with van der Waals surface area (Å²) in [4.78, 5) is 59.2. The highest BCUT2D eigenvalue weighted by Crippen LogP contribution is 2.56. The van der Waals surface area contributed by atoms with Gasteiger partial charge in [-0.25, -0.2) is 4.79 Å². The molecule has 0 spiro atoms. The second-order valence-electron chi connectivity index (χ2n) is 12.2. The molecule has 48 heavy (non-hydrogen) atoms. The second-order valence-corrected chi connectivity index (χ2v) is 12.2. The van der Waals surface area contributed by atoms with Gasteiger partial charge in [0.25, 0.3) is 0 Å². The summed E-state index contributed by atoms with van der Waals surface area (Å²) < 4.78 is 34.8. The summed E-state index contributed by atoms with van der Waals surface area (Å²) in [6.07, 6.45) is 0.436. The number of benzene rings is 3. The Kier molecular flexibility index (Phi) is 8.91. The monoisotopic (exact) mass is 658 g/mol. The number of fused-ring (bicyclic) bond motifs is 2. The maximum atomic E-state index is 15.2. The number of carbonyl (C=O) groups is 4. The Hall–Kier alpha value is -5.26. The second kappa shape index (κ2) is 13.1. The van der Waals surface area contributed by atoms with Crippen molar-refractivity contribution in [3.8, 4) is 28.7 Å². The van der Waals surface area contributed by atoms with Gasteiger partial charge in [-0.15, -0.1) is 0 Å². The van der Waals surface area contributed by atoms with Crippen LogP contribution in [0.3, 0.4) is 0 Å². The largest absolute Gasteiger partial charge is 0.497 e. The lowest BCUT2D eigenvalue weighted by atomic mass is 9.68. The summed E-state index contributed by atoms with van der Waals surface area (Å²) in [5.41, 5.74) is -1.40. The van der Waals surface area contributed by atoms with Gasteiger partial charge < -0.3 is 38.6 Å². The molecule has 12 nitrogen and oxygen atoms in total. The quantitative estimate of drug-likeness (QED) is 0.277. The smallest absolute Gasteiger partial charge is 0.355 e. The van der Waals surface area contributed by atoms with Gasteiger partial charge in [-0.05, 0) is 30.5 Å². The third-order valence-electron chi connectivity index (χ3n) is 9.16. The van der Waals surface area contributed by atoms with Gasteiger partial charge in [-0.1, -0.05) is 56.3 Å². The molecule has 0 bridgehead atoms. The predicted octanol–water partition coefficient (Wildman–Crippen LogP) is 4.20. The van der Waals surface area contributed by atoms with Crippen molar-refractivity contribution in [3.05, 3.63) is 77.4 Å². The SMILES string of the molecule is COC(=O)[C@@]1(c2ccc(OC)cc2)Oc2cc3c(c(OC)c2C(=O)[C@H](C(=O)N2CCC[C@H]2NC(=O)C(C)C)[C@@H]1c1ccccc1)OCO3. The number of methoxy groups -OCH3 is 3. The van der Waals surface area contributed by atoms with Crippen molar-refractivity contribution in [2.75, 3.05) is 34.7 Å². The van der Waals surface area contributed by atoms with E-state index in [4.69, 9.17) is 28.4 Å². The number of amides is 2. The number of likely N-dealkylation sites (tertiary alicyclic amines) is 1. The molecule has 12 heteroatoms. The normalized spacial score (nSPS) is 22.8. The van der Waals surface area contributed by atoms with Crippen LogP contribution in [0, 0.1) is 11.8 Å². The molecule has 3 aliphatic heterocycles. The van der Waals surface area contributed by atoms with Gasteiger partial charge in [0.2, 0.25) is 30.0 Å². The van der Waals surface area contributed by atoms with Gasteiger partial charge in [0.1, 0.15) is 29.1 Å². The number of carbonyl (C=O) groups excluding carboxylic acids is 4. The van der Waals surface area contributed by atoms with E-state index in [9.17, 15) is 9.59 Å². The number of hydrogen-bond acceptors (Lipinski definition) is 10. The number of ketones is 1. The molecule has 252 valence electrons. The van der Waals surface area contributed by atoms with Gasteiger partial charge in [0.05, 0.1) is 27.2 Å². The molecule has 6 rings (SSSR count). The number of hydrogen-bond donors (Lipinski definition) is 1. The number of ether oxygens (including phenoxy) is 6.